The third-order valence-electron chi connectivity index (χ3n) is 3.28. The molecule has 0 bridgehead atoms. The normalized spacial score (nSPS) is 14.0. The van der Waals surface area contributed by atoms with Gasteiger partial charge in [-0.15, -0.1) is 13.2 Å². The molecule has 0 radical (unpaired) electrons. The van der Waals surface area contributed by atoms with E-state index in [1.165, 1.54) is 12.1 Å². The Bertz CT molecular complexity index is 421. The van der Waals surface area contributed by atoms with E-state index < -0.39 is 6.36 Å². The predicted molar refractivity (Wildman–Crippen MR) is 78.4 cm³/mol. The number of alkyl halides is 3. The summed E-state index contributed by atoms with van der Waals surface area (Å²) in [5, 5.41) is 3.50. The molecule has 1 aromatic rings. The molecule has 1 atom stereocenters. The van der Waals surface area contributed by atoms with E-state index in [2.05, 4.69) is 37.7 Å². The van der Waals surface area contributed by atoms with Crippen LogP contribution in [0.2, 0.25) is 0 Å². The first-order chi connectivity index (χ1) is 9.62. The van der Waals surface area contributed by atoms with Gasteiger partial charge in [-0.25, -0.2) is 0 Å². The van der Waals surface area contributed by atoms with Gasteiger partial charge in [0.25, 0.3) is 0 Å². The second-order valence-electron chi connectivity index (χ2n) is 6.27. The first-order valence-corrected chi connectivity index (χ1v) is 7.20. The van der Waals surface area contributed by atoms with Crippen LogP contribution in [0.15, 0.2) is 24.3 Å². The lowest BCUT2D eigenvalue weighted by molar-refractivity contribution is -0.274. The Morgan fingerprint density at radius 2 is 1.67 bits per heavy atom. The molecule has 0 aliphatic rings. The van der Waals surface area contributed by atoms with Crippen molar-refractivity contribution in [3.63, 3.8) is 0 Å². The van der Waals surface area contributed by atoms with Crippen molar-refractivity contribution in [1.29, 1.82) is 0 Å². The summed E-state index contributed by atoms with van der Waals surface area (Å²) in [6.45, 7) is 9.50. The van der Waals surface area contributed by atoms with Crippen LogP contribution in [-0.4, -0.2) is 18.9 Å². The summed E-state index contributed by atoms with van der Waals surface area (Å²) in [7, 11) is 0. The number of nitrogens with one attached hydrogen (secondary N) is 1. The Kier molecular flexibility index (Phi) is 6.08. The zero-order valence-corrected chi connectivity index (χ0v) is 13.1. The van der Waals surface area contributed by atoms with Crippen molar-refractivity contribution in [3.8, 4) is 5.75 Å². The predicted octanol–water partition coefficient (Wildman–Crippen LogP) is 4.54. The fraction of sp³-hybridized carbons (Fsp3) is 0.625. The van der Waals surface area contributed by atoms with Crippen molar-refractivity contribution >= 4 is 0 Å². The van der Waals surface area contributed by atoms with E-state index >= 15 is 0 Å². The largest absolute Gasteiger partial charge is 0.573 e. The van der Waals surface area contributed by atoms with Crippen LogP contribution >= 0.6 is 0 Å². The Morgan fingerprint density at radius 1 is 1.10 bits per heavy atom. The Labute approximate surface area is 124 Å². The number of rotatable bonds is 6. The van der Waals surface area contributed by atoms with Gasteiger partial charge in [-0.3, -0.25) is 0 Å². The van der Waals surface area contributed by atoms with Gasteiger partial charge >= 0.3 is 6.36 Å². The first kappa shape index (κ1) is 17.8. The van der Waals surface area contributed by atoms with Gasteiger partial charge in [-0.2, -0.15) is 0 Å². The summed E-state index contributed by atoms with van der Waals surface area (Å²) in [6, 6.07) is 6.37. The first-order valence-electron chi connectivity index (χ1n) is 7.20. The van der Waals surface area contributed by atoms with Crippen LogP contribution in [0.25, 0.3) is 0 Å². The lowest BCUT2D eigenvalue weighted by Crippen LogP contribution is -2.42. The van der Waals surface area contributed by atoms with Crippen molar-refractivity contribution in [1.82, 2.24) is 5.32 Å². The van der Waals surface area contributed by atoms with Gasteiger partial charge in [0.15, 0.2) is 0 Å². The SMILES string of the molecule is CCCNC(Cc1ccc(OC(F)(F)F)cc1)C(C)(C)C. The van der Waals surface area contributed by atoms with Crippen molar-refractivity contribution < 1.29 is 17.9 Å². The summed E-state index contributed by atoms with van der Waals surface area (Å²) in [5.41, 5.74) is 1.07. The molecule has 1 rings (SSSR count). The minimum Gasteiger partial charge on any atom is -0.406 e. The van der Waals surface area contributed by atoms with Gasteiger partial charge in [0.1, 0.15) is 5.75 Å². The molecule has 1 N–H and O–H groups in total. The molecular weight excluding hydrogens is 279 g/mol. The highest BCUT2D eigenvalue weighted by molar-refractivity contribution is 5.28. The highest BCUT2D eigenvalue weighted by Crippen LogP contribution is 2.26. The summed E-state index contributed by atoms with van der Waals surface area (Å²) >= 11 is 0. The van der Waals surface area contributed by atoms with Crippen LogP contribution in [0.1, 0.15) is 39.7 Å². The molecule has 0 aromatic heterocycles. The molecule has 5 heteroatoms. The van der Waals surface area contributed by atoms with Crippen molar-refractivity contribution in [3.05, 3.63) is 29.8 Å². The van der Waals surface area contributed by atoms with E-state index in [-0.39, 0.29) is 17.2 Å². The Balaban J connectivity index is 2.72. The minimum absolute atomic E-state index is 0.0797. The summed E-state index contributed by atoms with van der Waals surface area (Å²) in [4.78, 5) is 0. The monoisotopic (exact) mass is 303 g/mol. The van der Waals surface area contributed by atoms with Crippen LogP contribution in [0.3, 0.4) is 0 Å². The zero-order valence-electron chi connectivity index (χ0n) is 13.1. The van der Waals surface area contributed by atoms with E-state index in [9.17, 15) is 13.2 Å². The maximum absolute atomic E-state index is 12.1. The van der Waals surface area contributed by atoms with Gasteiger partial charge in [0.05, 0.1) is 0 Å². The summed E-state index contributed by atoms with van der Waals surface area (Å²) < 4.78 is 40.2. The van der Waals surface area contributed by atoms with Crippen LogP contribution in [0.4, 0.5) is 13.2 Å². The van der Waals surface area contributed by atoms with E-state index in [4.69, 9.17) is 0 Å². The Hall–Kier alpha value is -1.23. The molecule has 0 amide bonds. The molecule has 1 aromatic carbocycles. The average Bonchev–Trinajstić information content (AvgIpc) is 2.33. The standard InChI is InChI=1S/C16H24F3NO/c1-5-10-20-14(15(2,3)4)11-12-6-8-13(9-7-12)21-16(17,18)19/h6-9,14,20H,5,10-11H2,1-4H3. The van der Waals surface area contributed by atoms with Crippen molar-refractivity contribution in [2.24, 2.45) is 5.41 Å². The van der Waals surface area contributed by atoms with Crippen molar-refractivity contribution in [2.45, 2.75) is 52.9 Å². The molecule has 21 heavy (non-hydrogen) atoms. The van der Waals surface area contributed by atoms with E-state index in [0.29, 0.717) is 0 Å². The molecule has 0 aliphatic heterocycles. The molecular formula is C16H24F3NO. The number of ether oxygens (including phenoxy) is 1. The summed E-state index contributed by atoms with van der Waals surface area (Å²) in [6.07, 6.45) is -2.82. The van der Waals surface area contributed by atoms with Gasteiger partial charge in [0.2, 0.25) is 0 Å². The van der Waals surface area contributed by atoms with Crippen LogP contribution in [0, 0.1) is 5.41 Å². The number of hydrogen-bond acceptors (Lipinski definition) is 2. The average molecular weight is 303 g/mol. The van der Waals surface area contributed by atoms with Gasteiger partial charge in [-0.05, 0) is 42.5 Å². The highest BCUT2D eigenvalue weighted by atomic mass is 19.4. The maximum atomic E-state index is 12.1. The Morgan fingerprint density at radius 3 is 2.10 bits per heavy atom. The minimum atomic E-state index is -4.64. The molecule has 120 valence electrons. The lowest BCUT2D eigenvalue weighted by Gasteiger charge is -2.32. The van der Waals surface area contributed by atoms with E-state index in [1.807, 2.05) is 0 Å². The van der Waals surface area contributed by atoms with Crippen molar-refractivity contribution in [2.75, 3.05) is 6.54 Å². The lowest BCUT2D eigenvalue weighted by atomic mass is 9.83. The molecule has 0 saturated carbocycles. The van der Waals surface area contributed by atoms with Crippen LogP contribution < -0.4 is 10.1 Å². The molecule has 2 nitrogen and oxygen atoms in total. The fourth-order valence-corrected chi connectivity index (χ4v) is 2.07. The molecule has 1 unspecified atom stereocenters. The number of hydrogen-bond donors (Lipinski definition) is 1. The molecule has 0 fully saturated rings. The smallest absolute Gasteiger partial charge is 0.406 e. The second kappa shape index (κ2) is 7.16. The van der Waals surface area contributed by atoms with E-state index in [1.54, 1.807) is 12.1 Å². The highest BCUT2D eigenvalue weighted by Gasteiger charge is 2.31. The number of halogens is 3. The molecule has 0 saturated heterocycles. The maximum Gasteiger partial charge on any atom is 0.573 e. The second-order valence-corrected chi connectivity index (χ2v) is 6.27. The van der Waals surface area contributed by atoms with Gasteiger partial charge in [0, 0.05) is 6.04 Å². The van der Waals surface area contributed by atoms with Crippen LogP contribution in [-0.2, 0) is 6.42 Å². The third-order valence-corrected chi connectivity index (χ3v) is 3.28. The zero-order chi connectivity index (χ0) is 16.1. The summed E-state index contributed by atoms with van der Waals surface area (Å²) in [5.74, 6) is -0.180. The fourth-order valence-electron chi connectivity index (χ4n) is 2.07. The quantitative estimate of drug-likeness (QED) is 0.833. The molecule has 0 heterocycles. The third kappa shape index (κ3) is 6.85. The molecule has 0 aliphatic carbocycles. The van der Waals surface area contributed by atoms with Crippen LogP contribution in [0.5, 0.6) is 5.75 Å². The van der Waals surface area contributed by atoms with Gasteiger partial charge < -0.3 is 10.1 Å². The number of benzene rings is 1. The van der Waals surface area contributed by atoms with E-state index in [0.717, 1.165) is 24.9 Å². The topological polar surface area (TPSA) is 21.3 Å². The molecule has 0 spiro atoms. The van der Waals surface area contributed by atoms with Gasteiger partial charge in [-0.1, -0.05) is 39.8 Å².